The Labute approximate surface area is 167 Å². The number of likely N-dealkylation sites (tertiary alicyclic amines) is 1. The number of aryl methyl sites for hydroxylation is 2. The van der Waals surface area contributed by atoms with Gasteiger partial charge in [-0.2, -0.15) is 5.10 Å². The second-order valence-electron chi connectivity index (χ2n) is 8.25. The number of benzene rings is 1. The predicted molar refractivity (Wildman–Crippen MR) is 110 cm³/mol. The molecule has 1 amide bonds. The van der Waals surface area contributed by atoms with E-state index in [-0.39, 0.29) is 5.91 Å². The SMILES string of the molecule is COc1ccc(CCC2CCc3c(c(C(=O)N4CCCCC4)nn3C)C2)cc1. The Bertz CT molecular complexity index is 819. The van der Waals surface area contributed by atoms with Crippen molar-refractivity contribution >= 4 is 5.91 Å². The minimum Gasteiger partial charge on any atom is -0.497 e. The van der Waals surface area contributed by atoms with Crippen LogP contribution < -0.4 is 4.74 Å². The van der Waals surface area contributed by atoms with E-state index < -0.39 is 0 Å². The molecule has 5 nitrogen and oxygen atoms in total. The van der Waals surface area contributed by atoms with E-state index in [4.69, 9.17) is 4.74 Å². The summed E-state index contributed by atoms with van der Waals surface area (Å²) in [6.07, 6.45) is 8.87. The van der Waals surface area contributed by atoms with Crippen LogP contribution in [-0.4, -0.2) is 40.8 Å². The summed E-state index contributed by atoms with van der Waals surface area (Å²) < 4.78 is 7.20. The maximum Gasteiger partial charge on any atom is 0.274 e. The number of fused-ring (bicyclic) bond motifs is 1. The van der Waals surface area contributed by atoms with E-state index >= 15 is 0 Å². The molecule has 2 aliphatic rings. The minimum absolute atomic E-state index is 0.146. The fourth-order valence-electron chi connectivity index (χ4n) is 4.69. The summed E-state index contributed by atoms with van der Waals surface area (Å²) >= 11 is 0. The molecule has 1 aromatic carbocycles. The maximum atomic E-state index is 13.1. The molecule has 1 aliphatic carbocycles. The molecule has 0 radical (unpaired) electrons. The summed E-state index contributed by atoms with van der Waals surface area (Å²) in [7, 11) is 3.69. The van der Waals surface area contributed by atoms with Crippen molar-refractivity contribution in [3.63, 3.8) is 0 Å². The average molecular weight is 382 g/mol. The minimum atomic E-state index is 0.146. The average Bonchev–Trinajstić information content (AvgIpc) is 3.08. The number of hydrogen-bond donors (Lipinski definition) is 0. The van der Waals surface area contributed by atoms with Crippen molar-refractivity contribution in [1.82, 2.24) is 14.7 Å². The third kappa shape index (κ3) is 3.94. The summed E-state index contributed by atoms with van der Waals surface area (Å²) in [5.74, 6) is 1.67. The van der Waals surface area contributed by atoms with Crippen LogP contribution >= 0.6 is 0 Å². The molecular formula is C23H31N3O2. The molecule has 1 saturated heterocycles. The number of ether oxygens (including phenoxy) is 1. The number of rotatable bonds is 5. The maximum absolute atomic E-state index is 13.1. The predicted octanol–water partition coefficient (Wildman–Crippen LogP) is 3.79. The van der Waals surface area contributed by atoms with Gasteiger partial charge in [0.05, 0.1) is 7.11 Å². The molecule has 0 spiro atoms. The van der Waals surface area contributed by atoms with E-state index in [0.717, 1.165) is 57.4 Å². The third-order valence-electron chi connectivity index (χ3n) is 6.40. The fraction of sp³-hybridized carbons (Fsp3) is 0.565. The lowest BCUT2D eigenvalue weighted by Crippen LogP contribution is -2.36. The Kier molecular flexibility index (Phi) is 5.69. The standard InChI is InChI=1S/C23H31N3O2/c1-25-21-13-10-18(7-6-17-8-11-19(28-2)12-9-17)16-20(21)22(24-25)23(27)26-14-4-3-5-15-26/h8-9,11-12,18H,3-7,10,13-16H2,1-2H3. The lowest BCUT2D eigenvalue weighted by atomic mass is 9.82. The van der Waals surface area contributed by atoms with E-state index in [9.17, 15) is 4.79 Å². The fourth-order valence-corrected chi connectivity index (χ4v) is 4.69. The van der Waals surface area contributed by atoms with Crippen LogP contribution in [0.2, 0.25) is 0 Å². The van der Waals surface area contributed by atoms with Gasteiger partial charge in [0.25, 0.3) is 5.91 Å². The van der Waals surface area contributed by atoms with Crippen LogP contribution in [-0.2, 0) is 26.3 Å². The first-order valence-corrected chi connectivity index (χ1v) is 10.6. The number of hydrogen-bond acceptors (Lipinski definition) is 3. The number of methoxy groups -OCH3 is 1. The molecule has 28 heavy (non-hydrogen) atoms. The molecule has 0 N–H and O–H groups in total. The highest BCUT2D eigenvalue weighted by molar-refractivity contribution is 5.94. The number of nitrogens with zero attached hydrogens (tertiary/aromatic N) is 3. The van der Waals surface area contributed by atoms with Crippen molar-refractivity contribution < 1.29 is 9.53 Å². The van der Waals surface area contributed by atoms with Crippen molar-refractivity contribution in [2.45, 2.75) is 51.4 Å². The lowest BCUT2D eigenvalue weighted by molar-refractivity contribution is 0.0716. The van der Waals surface area contributed by atoms with Gasteiger partial charge in [-0.1, -0.05) is 12.1 Å². The molecule has 0 saturated carbocycles. The van der Waals surface area contributed by atoms with Gasteiger partial charge in [0.15, 0.2) is 5.69 Å². The number of amides is 1. The van der Waals surface area contributed by atoms with Crippen LogP contribution in [0.1, 0.15) is 59.4 Å². The normalized spacial score (nSPS) is 19.4. The molecule has 150 valence electrons. The molecule has 1 aromatic heterocycles. The van der Waals surface area contributed by atoms with E-state index in [1.807, 2.05) is 28.8 Å². The summed E-state index contributed by atoms with van der Waals surface area (Å²) in [5, 5.41) is 4.65. The first-order chi connectivity index (χ1) is 13.7. The van der Waals surface area contributed by atoms with Crippen molar-refractivity contribution in [2.24, 2.45) is 13.0 Å². The lowest BCUT2D eigenvalue weighted by Gasteiger charge is -2.27. The molecule has 1 fully saturated rings. The second-order valence-corrected chi connectivity index (χ2v) is 8.25. The highest BCUT2D eigenvalue weighted by Gasteiger charge is 2.30. The molecule has 1 atom stereocenters. The quantitative estimate of drug-likeness (QED) is 0.792. The molecule has 1 unspecified atom stereocenters. The first-order valence-electron chi connectivity index (χ1n) is 10.6. The van der Waals surface area contributed by atoms with E-state index in [1.54, 1.807) is 7.11 Å². The van der Waals surface area contributed by atoms with Gasteiger partial charge in [0, 0.05) is 31.4 Å². The zero-order chi connectivity index (χ0) is 19.5. The Morgan fingerprint density at radius 2 is 1.93 bits per heavy atom. The first kappa shape index (κ1) is 19.0. The van der Waals surface area contributed by atoms with Gasteiger partial charge < -0.3 is 9.64 Å². The monoisotopic (exact) mass is 381 g/mol. The molecule has 5 heteroatoms. The molecule has 1 aliphatic heterocycles. The van der Waals surface area contributed by atoms with Crippen molar-refractivity contribution in [3.8, 4) is 5.75 Å². The summed E-state index contributed by atoms with van der Waals surface area (Å²) in [6.45, 7) is 1.76. The largest absolute Gasteiger partial charge is 0.497 e. The molecule has 4 rings (SSSR count). The van der Waals surface area contributed by atoms with E-state index in [2.05, 4.69) is 17.2 Å². The molecule has 0 bridgehead atoms. The summed E-state index contributed by atoms with van der Waals surface area (Å²) in [6, 6.07) is 8.38. The van der Waals surface area contributed by atoms with Crippen LogP contribution in [0.5, 0.6) is 5.75 Å². The third-order valence-corrected chi connectivity index (χ3v) is 6.40. The highest BCUT2D eigenvalue weighted by atomic mass is 16.5. The van der Waals surface area contributed by atoms with Gasteiger partial charge in [0.2, 0.25) is 0 Å². The van der Waals surface area contributed by atoms with Crippen LogP contribution in [0.25, 0.3) is 0 Å². The summed E-state index contributed by atoms with van der Waals surface area (Å²) in [4.78, 5) is 15.1. The van der Waals surface area contributed by atoms with Gasteiger partial charge >= 0.3 is 0 Å². The topological polar surface area (TPSA) is 47.4 Å². The second kappa shape index (κ2) is 8.38. The summed E-state index contributed by atoms with van der Waals surface area (Å²) in [5.41, 5.74) is 4.54. The Hall–Kier alpha value is -2.30. The van der Waals surface area contributed by atoms with Gasteiger partial charge in [-0.05, 0) is 75.0 Å². The van der Waals surface area contributed by atoms with Gasteiger partial charge in [0.1, 0.15) is 5.75 Å². The molecule has 2 aromatic rings. The van der Waals surface area contributed by atoms with Crippen LogP contribution in [0, 0.1) is 5.92 Å². The van der Waals surface area contributed by atoms with Gasteiger partial charge in [-0.25, -0.2) is 0 Å². The number of carbonyl (C=O) groups excluding carboxylic acids is 1. The Morgan fingerprint density at radius 1 is 1.18 bits per heavy atom. The number of piperidine rings is 1. The zero-order valence-electron chi connectivity index (χ0n) is 17.1. The van der Waals surface area contributed by atoms with E-state index in [0.29, 0.717) is 11.6 Å². The van der Waals surface area contributed by atoms with Crippen LogP contribution in [0.3, 0.4) is 0 Å². The molecular weight excluding hydrogens is 350 g/mol. The zero-order valence-corrected chi connectivity index (χ0v) is 17.1. The van der Waals surface area contributed by atoms with Crippen molar-refractivity contribution in [1.29, 1.82) is 0 Å². The van der Waals surface area contributed by atoms with Crippen LogP contribution in [0.4, 0.5) is 0 Å². The van der Waals surface area contributed by atoms with Gasteiger partial charge in [-0.15, -0.1) is 0 Å². The smallest absolute Gasteiger partial charge is 0.274 e. The molecule has 2 heterocycles. The van der Waals surface area contributed by atoms with Crippen molar-refractivity contribution in [3.05, 3.63) is 46.8 Å². The van der Waals surface area contributed by atoms with Crippen molar-refractivity contribution in [2.75, 3.05) is 20.2 Å². The number of carbonyl (C=O) groups is 1. The number of aromatic nitrogens is 2. The Balaban J connectivity index is 1.44. The van der Waals surface area contributed by atoms with E-state index in [1.165, 1.54) is 29.7 Å². The Morgan fingerprint density at radius 3 is 2.64 bits per heavy atom. The van der Waals surface area contributed by atoms with Gasteiger partial charge in [-0.3, -0.25) is 9.48 Å². The van der Waals surface area contributed by atoms with Crippen LogP contribution in [0.15, 0.2) is 24.3 Å². The highest BCUT2D eigenvalue weighted by Crippen LogP contribution is 2.31.